The molecule has 1 N–H and O–H groups in total. The van der Waals surface area contributed by atoms with Gasteiger partial charge in [-0.3, -0.25) is 4.79 Å². The Morgan fingerprint density at radius 2 is 2.03 bits per heavy atom. The minimum atomic E-state index is -4.67. The van der Waals surface area contributed by atoms with Crippen molar-refractivity contribution in [3.05, 3.63) is 59.7 Å². The molecule has 166 valence electrons. The number of hydrogen-bond donors (Lipinski definition) is 1. The highest BCUT2D eigenvalue weighted by Crippen LogP contribution is 2.29. The van der Waals surface area contributed by atoms with Crippen LogP contribution in [0.3, 0.4) is 0 Å². The van der Waals surface area contributed by atoms with Gasteiger partial charge in [-0.05, 0) is 24.3 Å². The van der Waals surface area contributed by atoms with Crippen molar-refractivity contribution in [1.82, 2.24) is 19.9 Å². The van der Waals surface area contributed by atoms with E-state index in [2.05, 4.69) is 20.1 Å². The summed E-state index contributed by atoms with van der Waals surface area (Å²) in [6, 6.07) is 5.96. The molecule has 0 aliphatic heterocycles. The molecule has 0 saturated carbocycles. The third-order valence-corrected chi connectivity index (χ3v) is 4.41. The first-order chi connectivity index (χ1) is 15.2. The Kier molecular flexibility index (Phi) is 5.43. The van der Waals surface area contributed by atoms with Crippen LogP contribution in [0.25, 0.3) is 16.6 Å². The van der Waals surface area contributed by atoms with Gasteiger partial charge in [0.25, 0.3) is 5.91 Å². The number of amides is 1. The molecule has 0 spiro atoms. The molecule has 3 aromatic heterocycles. The Bertz CT molecular complexity index is 1310. The lowest BCUT2D eigenvalue weighted by Crippen LogP contribution is -2.22. The van der Waals surface area contributed by atoms with E-state index in [1.54, 1.807) is 18.3 Å². The fourth-order valence-electron chi connectivity index (χ4n) is 3.01. The fourth-order valence-corrected chi connectivity index (χ4v) is 3.01. The van der Waals surface area contributed by atoms with E-state index in [4.69, 9.17) is 9.15 Å². The largest absolute Gasteiger partial charge is 0.497 e. The summed E-state index contributed by atoms with van der Waals surface area (Å²) >= 11 is 0. The SMILES string of the molecule is COc1cc(C(=O)OCC(F)(F)F)c2oc(CNC(=O)c3cnn4cccnc34)cc2c1. The molecule has 1 amide bonds. The lowest BCUT2D eigenvalue weighted by atomic mass is 10.1. The second kappa shape index (κ2) is 8.21. The summed E-state index contributed by atoms with van der Waals surface area (Å²) in [5, 5.41) is 7.09. The maximum Gasteiger partial charge on any atom is 0.422 e. The van der Waals surface area contributed by atoms with Gasteiger partial charge in [0, 0.05) is 17.8 Å². The van der Waals surface area contributed by atoms with E-state index in [-0.39, 0.29) is 34.8 Å². The maximum atomic E-state index is 12.5. The van der Waals surface area contributed by atoms with E-state index >= 15 is 0 Å². The van der Waals surface area contributed by atoms with E-state index in [0.29, 0.717) is 11.0 Å². The fraction of sp³-hybridized carbons (Fsp3) is 0.200. The van der Waals surface area contributed by atoms with Crippen LogP contribution in [0.15, 0.2) is 47.3 Å². The van der Waals surface area contributed by atoms with Crippen molar-refractivity contribution in [3.63, 3.8) is 0 Å². The Labute approximate surface area is 177 Å². The zero-order valence-electron chi connectivity index (χ0n) is 16.5. The molecule has 0 radical (unpaired) electrons. The summed E-state index contributed by atoms with van der Waals surface area (Å²) in [6.07, 6.45) is -0.125. The van der Waals surface area contributed by atoms with Crippen molar-refractivity contribution in [2.75, 3.05) is 13.7 Å². The molecule has 0 aliphatic rings. The number of alkyl halides is 3. The van der Waals surface area contributed by atoms with Crippen LogP contribution in [0.2, 0.25) is 0 Å². The van der Waals surface area contributed by atoms with Gasteiger partial charge < -0.3 is 19.2 Å². The van der Waals surface area contributed by atoms with Crippen molar-refractivity contribution in [1.29, 1.82) is 0 Å². The molecule has 32 heavy (non-hydrogen) atoms. The van der Waals surface area contributed by atoms with Gasteiger partial charge in [-0.25, -0.2) is 14.3 Å². The van der Waals surface area contributed by atoms with Crippen LogP contribution in [0, 0.1) is 0 Å². The van der Waals surface area contributed by atoms with Gasteiger partial charge in [0.15, 0.2) is 12.3 Å². The molecule has 0 bridgehead atoms. The number of nitrogens with zero attached hydrogens (tertiary/aromatic N) is 3. The number of carbonyl (C=O) groups excluding carboxylic acids is 2. The minimum Gasteiger partial charge on any atom is -0.497 e. The quantitative estimate of drug-likeness (QED) is 0.452. The number of methoxy groups -OCH3 is 1. The molecular weight excluding hydrogens is 433 g/mol. The second-order valence-electron chi connectivity index (χ2n) is 6.63. The number of benzene rings is 1. The van der Waals surface area contributed by atoms with Gasteiger partial charge in [0.1, 0.15) is 28.2 Å². The highest BCUT2D eigenvalue weighted by molar-refractivity contribution is 6.03. The Morgan fingerprint density at radius 1 is 1.22 bits per heavy atom. The minimum absolute atomic E-state index is 0.0138. The molecule has 9 nitrogen and oxygen atoms in total. The molecule has 3 heterocycles. The molecule has 0 saturated heterocycles. The van der Waals surface area contributed by atoms with E-state index < -0.39 is 24.7 Å². The van der Waals surface area contributed by atoms with E-state index in [0.717, 1.165) is 0 Å². The highest BCUT2D eigenvalue weighted by atomic mass is 19.4. The Hall–Kier alpha value is -4.09. The molecule has 1 aromatic carbocycles. The van der Waals surface area contributed by atoms with Gasteiger partial charge in [0.05, 0.1) is 19.9 Å². The summed E-state index contributed by atoms with van der Waals surface area (Å²) in [4.78, 5) is 28.8. The smallest absolute Gasteiger partial charge is 0.422 e. The number of fused-ring (bicyclic) bond motifs is 2. The molecular formula is C20H15F3N4O5. The second-order valence-corrected chi connectivity index (χ2v) is 6.63. The van der Waals surface area contributed by atoms with Crippen LogP contribution in [-0.4, -0.2) is 46.4 Å². The number of esters is 1. The first kappa shape index (κ1) is 21.2. The summed E-state index contributed by atoms with van der Waals surface area (Å²) in [5.41, 5.74) is 0.404. The van der Waals surface area contributed by atoms with Crippen LogP contribution >= 0.6 is 0 Å². The number of halogens is 3. The van der Waals surface area contributed by atoms with E-state index in [1.807, 2.05) is 0 Å². The van der Waals surface area contributed by atoms with E-state index in [9.17, 15) is 22.8 Å². The summed E-state index contributed by atoms with van der Waals surface area (Å²) < 4.78 is 53.7. The van der Waals surface area contributed by atoms with E-state index in [1.165, 1.54) is 36.2 Å². The van der Waals surface area contributed by atoms with Gasteiger partial charge in [-0.2, -0.15) is 18.3 Å². The third-order valence-electron chi connectivity index (χ3n) is 4.41. The number of ether oxygens (including phenoxy) is 2. The third kappa shape index (κ3) is 4.33. The summed E-state index contributed by atoms with van der Waals surface area (Å²) in [7, 11) is 1.34. The average Bonchev–Trinajstić information content (AvgIpc) is 3.38. The number of carbonyl (C=O) groups is 2. The number of hydrogen-bond acceptors (Lipinski definition) is 7. The lowest BCUT2D eigenvalue weighted by Gasteiger charge is -2.09. The van der Waals surface area contributed by atoms with Gasteiger partial charge in [-0.1, -0.05) is 0 Å². The monoisotopic (exact) mass is 448 g/mol. The first-order valence-corrected chi connectivity index (χ1v) is 9.16. The molecule has 0 aliphatic carbocycles. The van der Waals surface area contributed by atoms with Crippen molar-refractivity contribution in [2.45, 2.75) is 12.7 Å². The predicted molar refractivity (Wildman–Crippen MR) is 103 cm³/mol. The maximum absolute atomic E-state index is 12.5. The highest BCUT2D eigenvalue weighted by Gasteiger charge is 2.30. The van der Waals surface area contributed by atoms with Crippen LogP contribution in [0.5, 0.6) is 5.75 Å². The van der Waals surface area contributed by atoms with Crippen LogP contribution in [0.4, 0.5) is 13.2 Å². The van der Waals surface area contributed by atoms with Crippen LogP contribution < -0.4 is 10.1 Å². The lowest BCUT2D eigenvalue weighted by molar-refractivity contribution is -0.161. The van der Waals surface area contributed by atoms with Gasteiger partial charge >= 0.3 is 12.1 Å². The van der Waals surface area contributed by atoms with Crippen molar-refractivity contribution >= 4 is 28.5 Å². The van der Waals surface area contributed by atoms with Crippen LogP contribution in [-0.2, 0) is 11.3 Å². The van der Waals surface area contributed by atoms with Crippen molar-refractivity contribution in [2.24, 2.45) is 0 Å². The predicted octanol–water partition coefficient (Wildman–Crippen LogP) is 3.13. The topological polar surface area (TPSA) is 108 Å². The molecule has 4 rings (SSSR count). The average molecular weight is 448 g/mol. The number of furan rings is 1. The molecule has 0 fully saturated rings. The Balaban J connectivity index is 1.56. The van der Waals surface area contributed by atoms with Crippen molar-refractivity contribution < 1.29 is 36.7 Å². The molecule has 12 heteroatoms. The molecule has 0 atom stereocenters. The number of aromatic nitrogens is 3. The van der Waals surface area contributed by atoms with Gasteiger partial charge in [-0.15, -0.1) is 0 Å². The summed E-state index contributed by atoms with van der Waals surface area (Å²) in [6.45, 7) is -1.79. The van der Waals surface area contributed by atoms with Crippen LogP contribution in [0.1, 0.15) is 26.5 Å². The number of rotatable bonds is 6. The van der Waals surface area contributed by atoms with Crippen molar-refractivity contribution in [3.8, 4) is 5.75 Å². The first-order valence-electron chi connectivity index (χ1n) is 9.16. The Morgan fingerprint density at radius 3 is 2.78 bits per heavy atom. The van der Waals surface area contributed by atoms with Gasteiger partial charge in [0.2, 0.25) is 0 Å². The standard InChI is InChI=1S/C20H15F3N4O5/c1-30-12-5-11-6-13(32-16(11)14(7-12)19(29)31-10-20(21,22)23)8-25-18(28)15-9-26-27-4-2-3-24-17(15)27/h2-7,9H,8,10H2,1H3,(H,25,28). The normalized spacial score (nSPS) is 11.6. The number of nitrogens with one attached hydrogen (secondary N) is 1. The zero-order chi connectivity index (χ0) is 22.9. The molecule has 4 aromatic rings. The zero-order valence-corrected chi connectivity index (χ0v) is 16.5. The molecule has 0 unspecified atom stereocenters. The summed E-state index contributed by atoms with van der Waals surface area (Å²) in [5.74, 6) is -1.18.